The highest BCUT2D eigenvalue weighted by Crippen LogP contribution is 2.20. The Balaban J connectivity index is 1.99. The maximum atomic E-state index is 4.19. The van der Waals surface area contributed by atoms with Gasteiger partial charge in [0.2, 0.25) is 0 Å². The van der Waals surface area contributed by atoms with Crippen LogP contribution < -0.4 is 20.7 Å². The highest BCUT2D eigenvalue weighted by atomic mass is 28.3. The molecule has 0 atom stereocenters. The van der Waals surface area contributed by atoms with Crippen molar-refractivity contribution in [2.24, 2.45) is 0 Å². The van der Waals surface area contributed by atoms with Crippen LogP contribution in [-0.4, -0.2) is 16.1 Å². The van der Waals surface area contributed by atoms with E-state index in [1.807, 2.05) is 0 Å². The van der Waals surface area contributed by atoms with Crippen molar-refractivity contribution in [2.45, 2.75) is 12.1 Å². The molecule has 4 aromatic rings. The average Bonchev–Trinajstić information content (AvgIpc) is 2.92. The van der Waals surface area contributed by atoms with Crippen LogP contribution in [0.15, 0.2) is 158 Å². The molecule has 0 aromatic heterocycles. The number of hydrogen-bond acceptors (Lipinski definition) is 0. The lowest BCUT2D eigenvalue weighted by Crippen LogP contribution is -2.60. The van der Waals surface area contributed by atoms with Crippen molar-refractivity contribution in [3.05, 3.63) is 158 Å². The summed E-state index contributed by atoms with van der Waals surface area (Å²) >= 11 is 0. The molecule has 4 rings (SSSR count). The molecule has 0 aliphatic heterocycles. The molecule has 0 radical (unpaired) electrons. The minimum Gasteiger partial charge on any atom is -0.103 e. The van der Waals surface area contributed by atoms with E-state index in [9.17, 15) is 0 Å². The molecule has 0 N–H and O–H groups in total. The van der Waals surface area contributed by atoms with Crippen LogP contribution in [0.25, 0.3) is 0 Å². The summed E-state index contributed by atoms with van der Waals surface area (Å²) in [5.41, 5.74) is 5.21. The molecule has 0 aliphatic carbocycles. The fraction of sp³-hybridized carbons (Fsp3) is 0.0625. The molecule has 0 amide bonds. The predicted molar refractivity (Wildman–Crippen MR) is 155 cm³/mol. The minimum absolute atomic E-state index is 0.958. The first-order valence-electron chi connectivity index (χ1n) is 11.9. The first-order chi connectivity index (χ1) is 16.7. The average molecular weight is 473 g/mol. The van der Waals surface area contributed by atoms with E-state index in [-0.39, 0.29) is 0 Å². The highest BCUT2D eigenvalue weighted by molar-refractivity contribution is 7.10. The molecular weight excluding hydrogens is 441 g/mol. The second-order valence-corrected chi connectivity index (χ2v) is 16.4. The lowest BCUT2D eigenvalue weighted by molar-refractivity contribution is 1.57. The van der Waals surface area contributed by atoms with Crippen LogP contribution in [0, 0.1) is 0 Å². The Morgan fingerprint density at radius 3 is 0.853 bits per heavy atom. The normalized spacial score (nSPS) is 11.9. The third kappa shape index (κ3) is 4.74. The van der Waals surface area contributed by atoms with Crippen LogP contribution in [0.4, 0.5) is 0 Å². The van der Waals surface area contributed by atoms with Gasteiger partial charge in [-0.25, -0.2) is 0 Å². The number of hydrogen-bond donors (Lipinski definition) is 0. The molecule has 0 heterocycles. The summed E-state index contributed by atoms with van der Waals surface area (Å²) in [7, 11) is -4.50. The molecule has 4 aromatic carbocycles. The van der Waals surface area contributed by atoms with E-state index >= 15 is 0 Å². The van der Waals surface area contributed by atoms with Gasteiger partial charge >= 0.3 is 0 Å². The molecule has 0 nitrogen and oxygen atoms in total. The summed E-state index contributed by atoms with van der Waals surface area (Å²) in [5, 5.41) is 5.67. The Labute approximate surface area is 206 Å². The number of allylic oxidation sites excluding steroid dienone is 2. The maximum absolute atomic E-state index is 4.19. The maximum Gasteiger partial charge on any atom is 0.144 e. The predicted octanol–water partition coefficient (Wildman–Crippen LogP) is 5.52. The monoisotopic (exact) mass is 472 g/mol. The number of benzene rings is 4. The van der Waals surface area contributed by atoms with Crippen LogP contribution in [0.1, 0.15) is 0 Å². The Hall–Kier alpha value is -3.47. The van der Waals surface area contributed by atoms with E-state index in [2.05, 4.69) is 158 Å². The second kappa shape index (κ2) is 11.1. The zero-order valence-corrected chi connectivity index (χ0v) is 21.7. The van der Waals surface area contributed by atoms with Crippen molar-refractivity contribution in [1.82, 2.24) is 0 Å². The van der Waals surface area contributed by atoms with Gasteiger partial charge in [0.15, 0.2) is 0 Å². The van der Waals surface area contributed by atoms with E-state index in [1.165, 1.54) is 20.7 Å². The summed E-state index contributed by atoms with van der Waals surface area (Å²) in [6, 6.07) is 46.1. The molecule has 0 unspecified atom stereocenters. The van der Waals surface area contributed by atoms with E-state index in [4.69, 9.17) is 0 Å². The smallest absolute Gasteiger partial charge is 0.103 e. The van der Waals surface area contributed by atoms with E-state index < -0.39 is 16.1 Å². The lowest BCUT2D eigenvalue weighted by atomic mass is 10.4. The Kier molecular flexibility index (Phi) is 7.74. The number of rotatable bonds is 10. The second-order valence-electron chi connectivity index (χ2n) is 8.73. The van der Waals surface area contributed by atoms with Gasteiger partial charge in [-0.05, 0) is 32.8 Å². The van der Waals surface area contributed by atoms with Gasteiger partial charge in [-0.2, -0.15) is 0 Å². The zero-order valence-electron chi connectivity index (χ0n) is 19.7. The molecule has 0 saturated carbocycles. The van der Waals surface area contributed by atoms with E-state index in [1.54, 1.807) is 0 Å². The van der Waals surface area contributed by atoms with Gasteiger partial charge in [-0.15, -0.1) is 13.2 Å². The largest absolute Gasteiger partial charge is 0.144 e. The topological polar surface area (TPSA) is 0 Å². The minimum atomic E-state index is -2.25. The van der Waals surface area contributed by atoms with Crippen molar-refractivity contribution >= 4 is 36.9 Å². The summed E-state index contributed by atoms with van der Waals surface area (Å²) in [6.07, 6.45) is 4.22. The van der Waals surface area contributed by atoms with Gasteiger partial charge in [0.05, 0.1) is 0 Å². The molecular formula is C32H32Si2. The standard InChI is InChI=1S/C32H32Si2/c1-3-25-33(29-17-9-5-10-18-29,30-19-11-6-12-20-30)27-28-34(26-4-2,31-21-13-7-14-22-31)32-23-15-8-16-24-32/h3-24,27-28H,1-2,25-26H2/b28-27-. The summed E-state index contributed by atoms with van der Waals surface area (Å²) < 4.78 is 0. The van der Waals surface area contributed by atoms with Crippen molar-refractivity contribution in [3.63, 3.8) is 0 Å². The SMILES string of the molecule is C=CC[Si](/C=C\[Si](CC=C)(c1ccccc1)c1ccccc1)(c1ccccc1)c1ccccc1. The summed E-state index contributed by atoms with van der Waals surface area (Å²) in [6.45, 7) is 8.38. The molecule has 2 heteroatoms. The third-order valence-corrected chi connectivity index (χ3v) is 15.9. The van der Waals surface area contributed by atoms with Crippen LogP contribution in [-0.2, 0) is 0 Å². The fourth-order valence-corrected chi connectivity index (χ4v) is 14.0. The van der Waals surface area contributed by atoms with Gasteiger partial charge in [0.25, 0.3) is 0 Å². The van der Waals surface area contributed by atoms with Crippen LogP contribution in [0.3, 0.4) is 0 Å². The Bertz CT molecular complexity index is 1040. The molecule has 168 valence electrons. The van der Waals surface area contributed by atoms with Gasteiger partial charge in [-0.3, -0.25) is 0 Å². The van der Waals surface area contributed by atoms with Gasteiger partial charge in [0, 0.05) is 0 Å². The van der Waals surface area contributed by atoms with Crippen LogP contribution in [0.5, 0.6) is 0 Å². The van der Waals surface area contributed by atoms with Gasteiger partial charge in [0.1, 0.15) is 16.1 Å². The van der Waals surface area contributed by atoms with Crippen molar-refractivity contribution in [3.8, 4) is 0 Å². The molecule has 34 heavy (non-hydrogen) atoms. The quantitative estimate of drug-likeness (QED) is 0.211. The van der Waals surface area contributed by atoms with Gasteiger partial charge < -0.3 is 0 Å². The first-order valence-corrected chi connectivity index (χ1v) is 16.5. The van der Waals surface area contributed by atoms with Crippen LogP contribution >= 0.6 is 0 Å². The first kappa shape index (κ1) is 23.7. The molecule has 0 fully saturated rings. The third-order valence-electron chi connectivity index (χ3n) is 6.74. The zero-order chi connectivity index (χ0) is 23.7. The van der Waals surface area contributed by atoms with Crippen molar-refractivity contribution < 1.29 is 0 Å². The molecule has 0 aliphatic rings. The highest BCUT2D eigenvalue weighted by Gasteiger charge is 2.38. The van der Waals surface area contributed by atoms with Gasteiger partial charge in [-0.1, -0.05) is 145 Å². The lowest BCUT2D eigenvalue weighted by Gasteiger charge is -2.33. The Morgan fingerprint density at radius 1 is 0.412 bits per heavy atom. The summed E-state index contributed by atoms with van der Waals surface area (Å²) in [4.78, 5) is 0. The summed E-state index contributed by atoms with van der Waals surface area (Å²) in [5.74, 6) is 0. The molecule has 0 saturated heterocycles. The van der Waals surface area contributed by atoms with E-state index in [0.29, 0.717) is 0 Å². The fourth-order valence-electron chi connectivity index (χ4n) is 5.01. The van der Waals surface area contributed by atoms with Crippen molar-refractivity contribution in [1.29, 1.82) is 0 Å². The Morgan fingerprint density at radius 2 is 0.647 bits per heavy atom. The van der Waals surface area contributed by atoms with E-state index in [0.717, 1.165) is 12.1 Å². The van der Waals surface area contributed by atoms with Crippen LogP contribution in [0.2, 0.25) is 12.1 Å². The molecule has 0 spiro atoms. The van der Waals surface area contributed by atoms with Crippen molar-refractivity contribution in [2.75, 3.05) is 0 Å². The molecule has 0 bridgehead atoms.